The Labute approximate surface area is 224 Å². The smallest absolute Gasteiger partial charge is 0.400 e. The second-order valence-electron chi connectivity index (χ2n) is 9.54. The lowest BCUT2D eigenvalue weighted by Crippen LogP contribution is -2.33. The van der Waals surface area contributed by atoms with Gasteiger partial charge in [0, 0.05) is 11.8 Å². The Hall–Kier alpha value is -3.43. The Morgan fingerprint density at radius 2 is 0.947 bits per heavy atom. The molecule has 38 heavy (non-hydrogen) atoms. The van der Waals surface area contributed by atoms with Gasteiger partial charge in [-0.15, -0.1) is 9.78 Å². The van der Waals surface area contributed by atoms with Crippen LogP contribution >= 0.6 is 0 Å². The van der Waals surface area contributed by atoms with Crippen LogP contribution in [0, 0.1) is 11.8 Å². The van der Waals surface area contributed by atoms with Gasteiger partial charge in [0.15, 0.2) is 0 Å². The third-order valence-electron chi connectivity index (χ3n) is 5.41. The fourth-order valence-electron chi connectivity index (χ4n) is 3.22. The number of benzene rings is 2. The largest absolute Gasteiger partial charge is 0.513 e. The molecule has 9 nitrogen and oxygen atoms in total. The summed E-state index contributed by atoms with van der Waals surface area (Å²) in [5.74, 6) is -2.22. The minimum atomic E-state index is -1.25. The highest BCUT2D eigenvalue weighted by molar-refractivity contribution is 5.89. The molecule has 0 N–H and O–H groups in total. The molecular weight excluding hydrogens is 492 g/mol. The maximum absolute atomic E-state index is 12.4. The molecule has 0 aliphatic carbocycles. The van der Waals surface area contributed by atoms with Gasteiger partial charge in [-0.2, -0.15) is 0 Å². The predicted octanol–water partition coefficient (Wildman–Crippen LogP) is 6.59. The van der Waals surface area contributed by atoms with Gasteiger partial charge >= 0.3 is 18.1 Å². The molecule has 0 spiro atoms. The Balaban J connectivity index is 1.88. The van der Waals surface area contributed by atoms with Gasteiger partial charge in [0.1, 0.15) is 0 Å². The van der Waals surface area contributed by atoms with E-state index in [1.54, 1.807) is 52.0 Å². The fraction of sp³-hybridized carbons (Fsp3) is 0.483. The lowest BCUT2D eigenvalue weighted by molar-refractivity contribution is -0.357. The molecule has 0 aromatic heterocycles. The van der Waals surface area contributed by atoms with Crippen molar-refractivity contribution in [1.29, 1.82) is 0 Å². The molecule has 2 rings (SSSR count). The average Bonchev–Trinajstić information content (AvgIpc) is 2.89. The van der Waals surface area contributed by atoms with Gasteiger partial charge in [-0.1, -0.05) is 78.6 Å². The quantitative estimate of drug-likeness (QED) is 0.116. The second-order valence-corrected chi connectivity index (χ2v) is 9.54. The molecule has 0 aliphatic rings. The van der Waals surface area contributed by atoms with E-state index in [-0.39, 0.29) is 11.8 Å². The summed E-state index contributed by atoms with van der Waals surface area (Å²) in [4.78, 5) is 57.0. The molecule has 0 radical (unpaired) electrons. The van der Waals surface area contributed by atoms with Crippen LogP contribution in [0.15, 0.2) is 48.5 Å². The molecule has 208 valence electrons. The zero-order valence-electron chi connectivity index (χ0n) is 22.9. The predicted molar refractivity (Wildman–Crippen MR) is 139 cm³/mol. The van der Waals surface area contributed by atoms with E-state index in [4.69, 9.17) is 29.0 Å². The van der Waals surface area contributed by atoms with Crippen molar-refractivity contribution in [3.05, 3.63) is 70.8 Å². The summed E-state index contributed by atoms with van der Waals surface area (Å²) in [5.41, 5.74) is 2.80. The Morgan fingerprint density at radius 3 is 1.24 bits per heavy atom. The highest BCUT2D eigenvalue weighted by atomic mass is 17.2. The van der Waals surface area contributed by atoms with Gasteiger partial charge in [-0.05, 0) is 48.2 Å². The van der Waals surface area contributed by atoms with Crippen molar-refractivity contribution in [3.8, 4) is 0 Å². The number of rotatable bonds is 14. The molecular formula is C29H38O9. The summed E-state index contributed by atoms with van der Waals surface area (Å²) in [6, 6.07) is 13.9. The molecule has 2 aromatic rings. The third-order valence-corrected chi connectivity index (χ3v) is 5.41. The number of hydrogen-bond donors (Lipinski definition) is 0. The summed E-state index contributed by atoms with van der Waals surface area (Å²) in [6.45, 7) is 11.0. The van der Waals surface area contributed by atoms with E-state index in [1.807, 2.05) is 24.3 Å². The number of aryl methyl sites for hydroxylation is 2. The first-order valence-corrected chi connectivity index (χ1v) is 12.9. The number of ether oxygens (including phenoxy) is 2. The maximum atomic E-state index is 12.4. The van der Waals surface area contributed by atoms with Crippen LogP contribution in [0.4, 0.5) is 4.79 Å². The highest BCUT2D eigenvalue weighted by Crippen LogP contribution is 2.17. The molecule has 2 atom stereocenters. The van der Waals surface area contributed by atoms with Crippen LogP contribution in [-0.2, 0) is 41.9 Å². The van der Waals surface area contributed by atoms with Crippen LogP contribution in [0.25, 0.3) is 0 Å². The van der Waals surface area contributed by atoms with Crippen LogP contribution in [0.3, 0.4) is 0 Å². The first-order valence-electron chi connectivity index (χ1n) is 12.9. The van der Waals surface area contributed by atoms with Crippen molar-refractivity contribution in [2.75, 3.05) is 0 Å². The minimum absolute atomic E-state index is 0.296. The molecule has 0 saturated carbocycles. The third kappa shape index (κ3) is 10.1. The SMILES string of the molecule is CCCc1ccc(C(=O)OOC(OC(=O)OC(OOC(=O)c2ccc(CCC)cc2)C(C)C)C(C)C)cc1. The van der Waals surface area contributed by atoms with Crippen LogP contribution in [0.5, 0.6) is 0 Å². The van der Waals surface area contributed by atoms with Crippen molar-refractivity contribution in [3.63, 3.8) is 0 Å². The van der Waals surface area contributed by atoms with E-state index in [9.17, 15) is 14.4 Å². The first kappa shape index (κ1) is 30.8. The van der Waals surface area contributed by atoms with Crippen molar-refractivity contribution in [2.45, 2.75) is 79.8 Å². The molecule has 0 aliphatic heterocycles. The van der Waals surface area contributed by atoms with Crippen LogP contribution < -0.4 is 0 Å². The van der Waals surface area contributed by atoms with Gasteiger partial charge in [0.25, 0.3) is 12.6 Å². The zero-order valence-corrected chi connectivity index (χ0v) is 22.9. The van der Waals surface area contributed by atoms with Crippen molar-refractivity contribution < 1.29 is 43.4 Å². The van der Waals surface area contributed by atoms with Crippen LogP contribution in [0.2, 0.25) is 0 Å². The molecule has 2 aromatic carbocycles. The Kier molecular flexibility index (Phi) is 12.8. The van der Waals surface area contributed by atoms with Gasteiger partial charge in [0.05, 0.1) is 11.1 Å². The monoisotopic (exact) mass is 530 g/mol. The van der Waals surface area contributed by atoms with Gasteiger partial charge < -0.3 is 9.47 Å². The number of carbonyl (C=O) groups excluding carboxylic acids is 3. The van der Waals surface area contributed by atoms with Crippen molar-refractivity contribution >= 4 is 18.1 Å². The standard InChI is InChI=1S/C29H38O9/c1-7-9-21-11-15-23(16-12-21)25(30)35-37-27(19(3)4)33-29(32)34-28(20(5)6)38-36-26(31)24-17-13-22(10-8-2)14-18-24/h11-20,27-28H,7-10H2,1-6H3. The molecule has 0 saturated heterocycles. The molecule has 0 fully saturated rings. The average molecular weight is 531 g/mol. The summed E-state index contributed by atoms with van der Waals surface area (Å²) < 4.78 is 10.4. The lowest BCUT2D eigenvalue weighted by atomic mass is 10.1. The molecule has 9 heteroatoms. The molecule has 0 amide bonds. The van der Waals surface area contributed by atoms with Gasteiger partial charge in [0.2, 0.25) is 0 Å². The molecule has 0 bridgehead atoms. The second kappa shape index (κ2) is 15.7. The Bertz CT molecular complexity index is 932. The summed E-state index contributed by atoms with van der Waals surface area (Å²) in [6.07, 6.45) is 0.156. The Morgan fingerprint density at radius 1 is 0.605 bits per heavy atom. The van der Waals surface area contributed by atoms with Crippen molar-refractivity contribution in [1.82, 2.24) is 0 Å². The maximum Gasteiger partial charge on any atom is 0.513 e. The van der Waals surface area contributed by atoms with E-state index in [0.717, 1.165) is 36.8 Å². The molecule has 2 unspecified atom stereocenters. The van der Waals surface area contributed by atoms with E-state index in [0.29, 0.717) is 11.1 Å². The van der Waals surface area contributed by atoms with Crippen LogP contribution in [-0.4, -0.2) is 30.7 Å². The van der Waals surface area contributed by atoms with E-state index in [2.05, 4.69) is 13.8 Å². The lowest BCUT2D eigenvalue weighted by Gasteiger charge is -2.23. The van der Waals surface area contributed by atoms with Crippen LogP contribution in [0.1, 0.15) is 86.2 Å². The minimum Gasteiger partial charge on any atom is -0.400 e. The van der Waals surface area contributed by atoms with Crippen molar-refractivity contribution in [2.24, 2.45) is 11.8 Å². The van der Waals surface area contributed by atoms with E-state index < -0.39 is 30.7 Å². The van der Waals surface area contributed by atoms with E-state index >= 15 is 0 Å². The number of hydrogen-bond acceptors (Lipinski definition) is 9. The zero-order chi connectivity index (χ0) is 28.1. The highest BCUT2D eigenvalue weighted by Gasteiger charge is 2.28. The number of carbonyl (C=O) groups is 3. The molecule has 0 heterocycles. The summed E-state index contributed by atoms with van der Waals surface area (Å²) >= 11 is 0. The van der Waals surface area contributed by atoms with Gasteiger partial charge in [-0.3, -0.25) is 9.78 Å². The summed E-state index contributed by atoms with van der Waals surface area (Å²) in [5, 5.41) is 0. The fourth-order valence-corrected chi connectivity index (χ4v) is 3.22. The summed E-state index contributed by atoms with van der Waals surface area (Å²) in [7, 11) is 0. The van der Waals surface area contributed by atoms with E-state index in [1.165, 1.54) is 0 Å². The normalized spacial score (nSPS) is 12.6. The van der Waals surface area contributed by atoms with Gasteiger partial charge in [-0.25, -0.2) is 14.4 Å². The topological polar surface area (TPSA) is 107 Å². The first-order chi connectivity index (χ1) is 18.1.